The molecule has 138 valence electrons. The standard InChI is InChI=1S/C20H21N5O2/c1-14-5-3-4-6-15(14)18-12-25(9-10-27-18)20-23-17(11-19(26)24(20)2)16-7-8-21-13-22-16/h3-8,11,13,18H,9-10,12H2,1-2H3/t18-/m1/s1. The van der Waals surface area contributed by atoms with Crippen molar-refractivity contribution in [2.75, 3.05) is 24.6 Å². The minimum absolute atomic E-state index is 0.0560. The van der Waals surface area contributed by atoms with Crippen LogP contribution in [0.4, 0.5) is 5.95 Å². The summed E-state index contributed by atoms with van der Waals surface area (Å²) in [6.07, 6.45) is 3.04. The van der Waals surface area contributed by atoms with Gasteiger partial charge in [-0.05, 0) is 24.1 Å². The molecule has 0 radical (unpaired) electrons. The SMILES string of the molecule is Cc1ccccc1[C@H]1CN(c2nc(-c3ccncn3)cc(=O)n2C)CCO1. The van der Waals surface area contributed by atoms with Crippen molar-refractivity contribution in [2.45, 2.75) is 13.0 Å². The topological polar surface area (TPSA) is 73.1 Å². The quantitative estimate of drug-likeness (QED) is 0.710. The molecule has 1 aliphatic rings. The average molecular weight is 363 g/mol. The number of hydrogen-bond donors (Lipinski definition) is 0. The van der Waals surface area contributed by atoms with Crippen LogP contribution in [0, 0.1) is 6.92 Å². The summed E-state index contributed by atoms with van der Waals surface area (Å²) in [5.74, 6) is 0.623. The van der Waals surface area contributed by atoms with Crippen molar-refractivity contribution >= 4 is 5.95 Å². The van der Waals surface area contributed by atoms with Crippen LogP contribution in [-0.2, 0) is 11.8 Å². The molecule has 0 spiro atoms. The first-order valence-electron chi connectivity index (χ1n) is 8.90. The van der Waals surface area contributed by atoms with E-state index in [1.807, 2.05) is 12.1 Å². The Morgan fingerprint density at radius 3 is 2.81 bits per heavy atom. The second-order valence-electron chi connectivity index (χ2n) is 6.60. The Kier molecular flexibility index (Phi) is 4.68. The third kappa shape index (κ3) is 3.46. The van der Waals surface area contributed by atoms with E-state index in [0.29, 0.717) is 37.0 Å². The molecule has 3 aromatic rings. The zero-order valence-corrected chi connectivity index (χ0v) is 15.4. The largest absolute Gasteiger partial charge is 0.370 e. The molecule has 0 N–H and O–H groups in total. The molecule has 1 fully saturated rings. The first-order chi connectivity index (χ1) is 13.1. The van der Waals surface area contributed by atoms with E-state index in [-0.39, 0.29) is 11.7 Å². The van der Waals surface area contributed by atoms with E-state index in [1.165, 1.54) is 23.5 Å². The summed E-state index contributed by atoms with van der Waals surface area (Å²) in [4.78, 5) is 27.5. The van der Waals surface area contributed by atoms with E-state index in [9.17, 15) is 4.79 Å². The Hall–Kier alpha value is -3.06. The zero-order chi connectivity index (χ0) is 18.8. The van der Waals surface area contributed by atoms with Crippen molar-refractivity contribution in [1.29, 1.82) is 0 Å². The van der Waals surface area contributed by atoms with Gasteiger partial charge in [-0.25, -0.2) is 15.0 Å². The summed E-state index contributed by atoms with van der Waals surface area (Å²) in [5.41, 5.74) is 3.43. The highest BCUT2D eigenvalue weighted by Gasteiger charge is 2.26. The van der Waals surface area contributed by atoms with Crippen molar-refractivity contribution < 1.29 is 4.74 Å². The molecule has 27 heavy (non-hydrogen) atoms. The highest BCUT2D eigenvalue weighted by Crippen LogP contribution is 2.27. The van der Waals surface area contributed by atoms with E-state index in [2.05, 4.69) is 33.9 Å². The van der Waals surface area contributed by atoms with Crippen LogP contribution in [0.25, 0.3) is 11.4 Å². The number of morpholine rings is 1. The molecule has 0 aliphatic carbocycles. The van der Waals surface area contributed by atoms with E-state index in [0.717, 1.165) is 0 Å². The normalized spacial score (nSPS) is 17.1. The number of rotatable bonds is 3. The number of hydrogen-bond acceptors (Lipinski definition) is 6. The fraction of sp³-hybridized carbons (Fsp3) is 0.300. The molecule has 0 saturated carbocycles. The van der Waals surface area contributed by atoms with Crippen LogP contribution in [0.15, 0.2) is 53.7 Å². The van der Waals surface area contributed by atoms with Gasteiger partial charge in [-0.1, -0.05) is 24.3 Å². The van der Waals surface area contributed by atoms with Crippen LogP contribution >= 0.6 is 0 Å². The Morgan fingerprint density at radius 2 is 2.04 bits per heavy atom. The Bertz CT molecular complexity index is 1000. The van der Waals surface area contributed by atoms with E-state index < -0.39 is 0 Å². The van der Waals surface area contributed by atoms with Gasteiger partial charge >= 0.3 is 0 Å². The van der Waals surface area contributed by atoms with Crippen molar-refractivity contribution in [2.24, 2.45) is 7.05 Å². The molecule has 7 nitrogen and oxygen atoms in total. The summed E-state index contributed by atoms with van der Waals surface area (Å²) in [7, 11) is 1.74. The third-order valence-electron chi connectivity index (χ3n) is 4.84. The van der Waals surface area contributed by atoms with Gasteiger partial charge in [0.2, 0.25) is 5.95 Å². The predicted molar refractivity (Wildman–Crippen MR) is 103 cm³/mol. The number of benzene rings is 1. The molecule has 1 atom stereocenters. The maximum Gasteiger partial charge on any atom is 0.255 e. The van der Waals surface area contributed by atoms with Crippen LogP contribution in [-0.4, -0.2) is 39.2 Å². The van der Waals surface area contributed by atoms with Gasteiger partial charge in [0.25, 0.3) is 5.56 Å². The molecule has 7 heteroatoms. The minimum Gasteiger partial charge on any atom is -0.370 e. The van der Waals surface area contributed by atoms with Crippen LogP contribution in [0.5, 0.6) is 0 Å². The average Bonchev–Trinajstić information content (AvgIpc) is 2.71. The van der Waals surface area contributed by atoms with Crippen molar-refractivity contribution in [1.82, 2.24) is 19.5 Å². The molecule has 0 bridgehead atoms. The van der Waals surface area contributed by atoms with Crippen molar-refractivity contribution in [3.05, 3.63) is 70.4 Å². The lowest BCUT2D eigenvalue weighted by Crippen LogP contribution is -2.42. The second-order valence-corrected chi connectivity index (χ2v) is 6.60. The van der Waals surface area contributed by atoms with Crippen LogP contribution in [0.3, 0.4) is 0 Å². The summed E-state index contributed by atoms with van der Waals surface area (Å²) in [6.45, 7) is 3.97. The zero-order valence-electron chi connectivity index (χ0n) is 15.4. The summed E-state index contributed by atoms with van der Waals surface area (Å²) >= 11 is 0. The number of ether oxygens (including phenoxy) is 1. The Morgan fingerprint density at radius 1 is 1.19 bits per heavy atom. The van der Waals surface area contributed by atoms with E-state index >= 15 is 0 Å². The third-order valence-corrected chi connectivity index (χ3v) is 4.84. The Labute approximate surface area is 157 Å². The lowest BCUT2D eigenvalue weighted by atomic mass is 10.0. The monoisotopic (exact) mass is 363 g/mol. The van der Waals surface area contributed by atoms with Gasteiger partial charge in [-0.2, -0.15) is 0 Å². The smallest absolute Gasteiger partial charge is 0.255 e. The lowest BCUT2D eigenvalue weighted by molar-refractivity contribution is 0.0386. The van der Waals surface area contributed by atoms with Crippen molar-refractivity contribution in [3.8, 4) is 11.4 Å². The molecule has 3 heterocycles. The Balaban J connectivity index is 1.69. The summed E-state index contributed by atoms with van der Waals surface area (Å²) < 4.78 is 7.58. The van der Waals surface area contributed by atoms with Gasteiger partial charge in [-0.15, -0.1) is 0 Å². The van der Waals surface area contributed by atoms with Crippen LogP contribution < -0.4 is 10.5 Å². The highest BCUT2D eigenvalue weighted by atomic mass is 16.5. The van der Waals surface area contributed by atoms with Crippen molar-refractivity contribution in [3.63, 3.8) is 0 Å². The number of aryl methyl sites for hydroxylation is 1. The molecule has 2 aromatic heterocycles. The van der Waals surface area contributed by atoms with Gasteiger partial charge in [0.1, 0.15) is 12.4 Å². The van der Waals surface area contributed by atoms with Gasteiger partial charge in [0, 0.05) is 25.9 Å². The lowest BCUT2D eigenvalue weighted by Gasteiger charge is -2.35. The molecular weight excluding hydrogens is 342 g/mol. The fourth-order valence-corrected chi connectivity index (χ4v) is 3.35. The molecule has 0 unspecified atom stereocenters. The molecule has 1 aromatic carbocycles. The van der Waals surface area contributed by atoms with Crippen LogP contribution in [0.1, 0.15) is 17.2 Å². The fourth-order valence-electron chi connectivity index (χ4n) is 3.35. The molecule has 4 rings (SSSR count). The van der Waals surface area contributed by atoms with Gasteiger partial charge in [0.05, 0.1) is 24.5 Å². The maximum atomic E-state index is 12.5. The van der Waals surface area contributed by atoms with Gasteiger partial charge < -0.3 is 9.64 Å². The summed E-state index contributed by atoms with van der Waals surface area (Å²) in [5, 5.41) is 0. The number of anilines is 1. The van der Waals surface area contributed by atoms with Gasteiger partial charge in [0.15, 0.2) is 0 Å². The first-order valence-corrected chi connectivity index (χ1v) is 8.90. The number of aromatic nitrogens is 4. The molecule has 0 amide bonds. The second kappa shape index (κ2) is 7.28. The molecular formula is C20H21N5O2. The summed E-state index contributed by atoms with van der Waals surface area (Å²) in [6, 6.07) is 11.5. The number of nitrogens with zero attached hydrogens (tertiary/aromatic N) is 5. The molecule has 1 aliphatic heterocycles. The van der Waals surface area contributed by atoms with E-state index in [4.69, 9.17) is 9.72 Å². The first kappa shape index (κ1) is 17.4. The predicted octanol–water partition coefficient (Wildman–Crippen LogP) is 2.12. The minimum atomic E-state index is -0.118. The van der Waals surface area contributed by atoms with E-state index in [1.54, 1.807) is 23.9 Å². The maximum absolute atomic E-state index is 12.5. The highest BCUT2D eigenvalue weighted by molar-refractivity contribution is 5.55. The van der Waals surface area contributed by atoms with Crippen LogP contribution in [0.2, 0.25) is 0 Å². The molecule has 1 saturated heterocycles. The van der Waals surface area contributed by atoms with Gasteiger partial charge in [-0.3, -0.25) is 9.36 Å².